The fourth-order valence-electron chi connectivity index (χ4n) is 2.10. The zero-order chi connectivity index (χ0) is 19.9. The van der Waals surface area contributed by atoms with E-state index >= 15 is 0 Å². The third kappa shape index (κ3) is 7.90. The summed E-state index contributed by atoms with van der Waals surface area (Å²) < 4.78 is 47.4. The number of halogens is 4. The first-order chi connectivity index (χ1) is 12.8. The second-order valence-electron chi connectivity index (χ2n) is 5.67. The molecule has 156 valence electrons. The molecule has 2 aromatic heterocycles. The predicted octanol–water partition coefficient (Wildman–Crippen LogP) is 3.50. The van der Waals surface area contributed by atoms with Gasteiger partial charge in [-0.15, -0.1) is 24.0 Å². The Kier molecular flexibility index (Phi) is 9.49. The average Bonchev–Trinajstić information content (AvgIpc) is 2.93. The fraction of sp³-hybridized carbons (Fsp3) is 0.471. The molecule has 0 aromatic carbocycles. The van der Waals surface area contributed by atoms with Crippen LogP contribution in [0.15, 0.2) is 27.7 Å². The minimum absolute atomic E-state index is 0. The fourth-order valence-corrected chi connectivity index (χ4v) is 2.10. The maximum Gasteiger partial charge on any atom is 0.422 e. The molecule has 0 amide bonds. The molecule has 7 nitrogen and oxygen atoms in total. The molecular formula is C17H23F3IN5O2. The number of nitrogens with one attached hydrogen (secondary N) is 2. The third-order valence-corrected chi connectivity index (χ3v) is 3.45. The van der Waals surface area contributed by atoms with Gasteiger partial charge in [0, 0.05) is 18.3 Å². The van der Waals surface area contributed by atoms with Gasteiger partial charge in [-0.1, -0.05) is 6.07 Å². The molecular weight excluding hydrogens is 490 g/mol. The van der Waals surface area contributed by atoms with Gasteiger partial charge < -0.3 is 19.8 Å². The number of nitrogens with zero attached hydrogens (tertiary/aromatic N) is 3. The Balaban J connectivity index is 0.00000392. The van der Waals surface area contributed by atoms with Gasteiger partial charge >= 0.3 is 6.18 Å². The zero-order valence-corrected chi connectivity index (χ0v) is 18.1. The lowest BCUT2D eigenvalue weighted by atomic mass is 10.3. The highest BCUT2D eigenvalue weighted by atomic mass is 127. The van der Waals surface area contributed by atoms with Gasteiger partial charge in [0.15, 0.2) is 12.6 Å². The van der Waals surface area contributed by atoms with Crippen LogP contribution in [0.1, 0.15) is 29.8 Å². The van der Waals surface area contributed by atoms with E-state index in [1.807, 2.05) is 20.8 Å². The molecule has 2 rings (SSSR count). The summed E-state index contributed by atoms with van der Waals surface area (Å²) in [6, 6.07) is 3.23. The predicted molar refractivity (Wildman–Crippen MR) is 109 cm³/mol. The quantitative estimate of drug-likeness (QED) is 0.335. The van der Waals surface area contributed by atoms with Crippen molar-refractivity contribution in [3.63, 3.8) is 0 Å². The molecule has 0 aliphatic heterocycles. The minimum atomic E-state index is -4.43. The summed E-state index contributed by atoms with van der Waals surface area (Å²) in [5.74, 6) is 1.65. The van der Waals surface area contributed by atoms with Gasteiger partial charge in [0.25, 0.3) is 0 Å². The highest BCUT2D eigenvalue weighted by Crippen LogP contribution is 2.20. The van der Waals surface area contributed by atoms with E-state index in [0.29, 0.717) is 30.5 Å². The molecule has 2 aromatic rings. The molecule has 28 heavy (non-hydrogen) atoms. The maximum atomic E-state index is 12.4. The van der Waals surface area contributed by atoms with Crippen LogP contribution in [0.2, 0.25) is 0 Å². The van der Waals surface area contributed by atoms with Crippen LogP contribution in [0.25, 0.3) is 0 Å². The highest BCUT2D eigenvalue weighted by Gasteiger charge is 2.29. The number of aromatic nitrogens is 2. The van der Waals surface area contributed by atoms with Crippen molar-refractivity contribution in [3.05, 3.63) is 41.2 Å². The van der Waals surface area contributed by atoms with Gasteiger partial charge in [-0.05, 0) is 26.8 Å². The molecule has 2 N–H and O–H groups in total. The highest BCUT2D eigenvalue weighted by molar-refractivity contribution is 14.0. The number of guanidine groups is 1. The Morgan fingerprint density at radius 3 is 2.64 bits per heavy atom. The van der Waals surface area contributed by atoms with E-state index < -0.39 is 12.8 Å². The van der Waals surface area contributed by atoms with Crippen LogP contribution in [0.5, 0.6) is 5.88 Å². The maximum absolute atomic E-state index is 12.4. The van der Waals surface area contributed by atoms with E-state index in [1.54, 1.807) is 12.1 Å². The molecule has 0 saturated carbocycles. The normalized spacial score (nSPS) is 11.7. The Hall–Kier alpha value is -2.05. The molecule has 0 radical (unpaired) electrons. The second-order valence-corrected chi connectivity index (χ2v) is 5.67. The van der Waals surface area contributed by atoms with E-state index in [2.05, 4.69) is 25.6 Å². The molecule has 0 aliphatic rings. The number of aryl methyl sites for hydroxylation is 2. The molecule has 0 bridgehead atoms. The number of aliphatic imine (C=N–C) groups is 1. The molecule has 0 fully saturated rings. The van der Waals surface area contributed by atoms with Crippen molar-refractivity contribution in [2.45, 2.75) is 40.0 Å². The van der Waals surface area contributed by atoms with Crippen molar-refractivity contribution in [1.29, 1.82) is 0 Å². The standard InChI is InChI=1S/C17H22F3N5O2.HI/c1-4-21-16(24-9-14-25-11(2)12(3)27-14)23-8-13-6-5-7-22-15(13)26-10-17(18,19)20;/h5-7H,4,8-10H2,1-3H3,(H2,21,23,24);1H. The summed E-state index contributed by atoms with van der Waals surface area (Å²) in [6.45, 7) is 5.22. The van der Waals surface area contributed by atoms with Crippen molar-refractivity contribution >= 4 is 29.9 Å². The number of pyridine rings is 1. The summed E-state index contributed by atoms with van der Waals surface area (Å²) in [4.78, 5) is 12.5. The molecule has 0 atom stereocenters. The molecule has 0 unspecified atom stereocenters. The van der Waals surface area contributed by atoms with Gasteiger partial charge in [-0.2, -0.15) is 13.2 Å². The van der Waals surface area contributed by atoms with Crippen molar-refractivity contribution < 1.29 is 22.3 Å². The first-order valence-electron chi connectivity index (χ1n) is 8.37. The molecule has 2 heterocycles. The topological polar surface area (TPSA) is 84.6 Å². The van der Waals surface area contributed by atoms with E-state index in [9.17, 15) is 13.2 Å². The van der Waals surface area contributed by atoms with E-state index in [4.69, 9.17) is 9.15 Å². The van der Waals surface area contributed by atoms with Gasteiger partial charge in [0.1, 0.15) is 5.76 Å². The van der Waals surface area contributed by atoms with Crippen LogP contribution >= 0.6 is 24.0 Å². The van der Waals surface area contributed by atoms with Gasteiger partial charge in [-0.25, -0.2) is 15.0 Å². The summed E-state index contributed by atoms with van der Waals surface area (Å²) in [5.41, 5.74) is 1.26. The Morgan fingerprint density at radius 1 is 1.29 bits per heavy atom. The van der Waals surface area contributed by atoms with Gasteiger partial charge in [0.05, 0.1) is 18.8 Å². The number of oxazole rings is 1. The first kappa shape index (κ1) is 24.0. The van der Waals surface area contributed by atoms with Crippen LogP contribution in [-0.4, -0.2) is 35.3 Å². The van der Waals surface area contributed by atoms with Crippen LogP contribution in [-0.2, 0) is 13.1 Å². The van der Waals surface area contributed by atoms with Crippen molar-refractivity contribution in [2.24, 2.45) is 4.99 Å². The number of alkyl halides is 3. The lowest BCUT2D eigenvalue weighted by Crippen LogP contribution is -2.36. The van der Waals surface area contributed by atoms with Crippen molar-refractivity contribution in [3.8, 4) is 5.88 Å². The summed E-state index contributed by atoms with van der Waals surface area (Å²) in [7, 11) is 0. The number of hydrogen-bond donors (Lipinski definition) is 2. The minimum Gasteiger partial charge on any atom is -0.468 e. The van der Waals surface area contributed by atoms with Gasteiger partial charge in [-0.3, -0.25) is 0 Å². The lowest BCUT2D eigenvalue weighted by molar-refractivity contribution is -0.154. The zero-order valence-electron chi connectivity index (χ0n) is 15.8. The van der Waals surface area contributed by atoms with E-state index in [-0.39, 0.29) is 36.4 Å². The van der Waals surface area contributed by atoms with Crippen molar-refractivity contribution in [2.75, 3.05) is 13.2 Å². The second kappa shape index (κ2) is 11.1. The van der Waals surface area contributed by atoms with E-state index in [1.165, 1.54) is 6.20 Å². The van der Waals surface area contributed by atoms with Crippen LogP contribution in [0, 0.1) is 13.8 Å². The Morgan fingerprint density at radius 2 is 2.04 bits per heavy atom. The van der Waals surface area contributed by atoms with Crippen LogP contribution < -0.4 is 15.4 Å². The smallest absolute Gasteiger partial charge is 0.422 e. The monoisotopic (exact) mass is 513 g/mol. The third-order valence-electron chi connectivity index (χ3n) is 3.45. The largest absolute Gasteiger partial charge is 0.468 e. The molecule has 0 spiro atoms. The number of rotatable bonds is 7. The first-order valence-corrected chi connectivity index (χ1v) is 8.37. The Labute approximate surface area is 178 Å². The van der Waals surface area contributed by atoms with Crippen LogP contribution in [0.3, 0.4) is 0 Å². The summed E-state index contributed by atoms with van der Waals surface area (Å²) in [6.07, 6.45) is -3.06. The SMILES string of the molecule is CCNC(=NCc1cccnc1OCC(F)(F)F)NCc1nc(C)c(C)o1.I. The number of ether oxygens (including phenoxy) is 1. The summed E-state index contributed by atoms with van der Waals surface area (Å²) in [5, 5.41) is 6.11. The molecule has 0 aliphatic carbocycles. The molecule has 11 heteroatoms. The van der Waals surface area contributed by atoms with Crippen LogP contribution in [0.4, 0.5) is 13.2 Å². The van der Waals surface area contributed by atoms with E-state index in [0.717, 1.165) is 11.5 Å². The molecule has 0 saturated heterocycles. The summed E-state index contributed by atoms with van der Waals surface area (Å²) >= 11 is 0. The average molecular weight is 513 g/mol. The lowest BCUT2D eigenvalue weighted by Gasteiger charge is -2.12. The Bertz CT molecular complexity index is 761. The van der Waals surface area contributed by atoms with Crippen molar-refractivity contribution in [1.82, 2.24) is 20.6 Å². The number of hydrogen-bond acceptors (Lipinski definition) is 5. The van der Waals surface area contributed by atoms with Gasteiger partial charge in [0.2, 0.25) is 11.8 Å².